The number of carbonyl (C=O) groups is 3. The van der Waals surface area contributed by atoms with Crippen LogP contribution in [0.4, 0.5) is 0 Å². The summed E-state index contributed by atoms with van der Waals surface area (Å²) in [4.78, 5) is 43.8. The number of aryl methyl sites for hydroxylation is 2. The van der Waals surface area contributed by atoms with Crippen molar-refractivity contribution in [3.8, 4) is 0 Å². The Hall–Kier alpha value is -3.23. The molecule has 8 nitrogen and oxygen atoms in total. The molecule has 3 aliphatic rings. The third kappa shape index (κ3) is 5.26. The summed E-state index contributed by atoms with van der Waals surface area (Å²) < 4.78 is 11.9. The second kappa shape index (κ2) is 10.6. The van der Waals surface area contributed by atoms with Gasteiger partial charge in [0.25, 0.3) is 11.8 Å². The summed E-state index contributed by atoms with van der Waals surface area (Å²) in [6, 6.07) is 14.2. The van der Waals surface area contributed by atoms with Crippen LogP contribution in [-0.2, 0) is 14.3 Å². The van der Waals surface area contributed by atoms with Gasteiger partial charge < -0.3 is 19.7 Å². The van der Waals surface area contributed by atoms with Crippen molar-refractivity contribution >= 4 is 17.7 Å². The fourth-order valence-corrected chi connectivity index (χ4v) is 5.64. The predicted molar refractivity (Wildman–Crippen MR) is 138 cm³/mol. The standard InChI is InChI=1S/C29H35N3O5/c1-20-6-3-8-22(16-20)27(34)31-13-11-29(12-14-31)32(28(35)23-9-4-7-21(2)17-23)25(19-37-29)26(33)30-18-24-10-5-15-36-24/h3-4,6-9,16-17,24-25H,5,10-15,18-19H2,1-2H3,(H,30,33)/t24-,25-/m1/s1. The van der Waals surface area contributed by atoms with Crippen LogP contribution in [0.2, 0.25) is 0 Å². The lowest BCUT2D eigenvalue weighted by atomic mass is 9.95. The van der Waals surface area contributed by atoms with Crippen LogP contribution < -0.4 is 5.32 Å². The van der Waals surface area contributed by atoms with Crippen molar-refractivity contribution < 1.29 is 23.9 Å². The van der Waals surface area contributed by atoms with Gasteiger partial charge in [-0.2, -0.15) is 0 Å². The molecule has 3 aliphatic heterocycles. The van der Waals surface area contributed by atoms with Gasteiger partial charge in [0.1, 0.15) is 11.8 Å². The molecule has 2 aromatic rings. The Morgan fingerprint density at radius 2 is 1.62 bits per heavy atom. The lowest BCUT2D eigenvalue weighted by molar-refractivity contribution is -0.128. The second-order valence-electron chi connectivity index (χ2n) is 10.4. The summed E-state index contributed by atoms with van der Waals surface area (Å²) in [5.74, 6) is -0.484. The van der Waals surface area contributed by atoms with Gasteiger partial charge in [0.2, 0.25) is 5.91 Å². The Morgan fingerprint density at radius 3 is 2.22 bits per heavy atom. The van der Waals surface area contributed by atoms with Crippen LogP contribution in [0, 0.1) is 13.8 Å². The zero-order valence-electron chi connectivity index (χ0n) is 21.6. The number of carbonyl (C=O) groups excluding carboxylic acids is 3. The largest absolute Gasteiger partial charge is 0.376 e. The molecule has 3 heterocycles. The highest BCUT2D eigenvalue weighted by Crippen LogP contribution is 2.39. The molecule has 3 fully saturated rings. The number of rotatable bonds is 5. The minimum atomic E-state index is -0.934. The maximum Gasteiger partial charge on any atom is 0.256 e. The van der Waals surface area contributed by atoms with Crippen LogP contribution in [0.5, 0.6) is 0 Å². The lowest BCUT2D eigenvalue weighted by Gasteiger charge is -2.44. The fourth-order valence-electron chi connectivity index (χ4n) is 5.64. The smallest absolute Gasteiger partial charge is 0.256 e. The molecule has 3 amide bonds. The van der Waals surface area contributed by atoms with Crippen molar-refractivity contribution in [3.63, 3.8) is 0 Å². The van der Waals surface area contributed by atoms with Gasteiger partial charge in [0.15, 0.2) is 0 Å². The Labute approximate surface area is 217 Å². The summed E-state index contributed by atoms with van der Waals surface area (Å²) in [5.41, 5.74) is 2.25. The number of piperidine rings is 1. The summed E-state index contributed by atoms with van der Waals surface area (Å²) >= 11 is 0. The molecule has 1 N–H and O–H groups in total. The Morgan fingerprint density at radius 1 is 0.973 bits per heavy atom. The van der Waals surface area contributed by atoms with Gasteiger partial charge in [-0.05, 0) is 51.0 Å². The highest BCUT2D eigenvalue weighted by atomic mass is 16.5. The summed E-state index contributed by atoms with van der Waals surface area (Å²) in [6.45, 7) is 6.05. The van der Waals surface area contributed by atoms with Gasteiger partial charge in [0, 0.05) is 50.2 Å². The van der Waals surface area contributed by atoms with Gasteiger partial charge in [-0.1, -0.05) is 35.4 Å². The molecule has 0 unspecified atom stereocenters. The topological polar surface area (TPSA) is 88.2 Å². The van der Waals surface area contributed by atoms with Crippen molar-refractivity contribution in [1.82, 2.24) is 15.1 Å². The van der Waals surface area contributed by atoms with E-state index >= 15 is 0 Å². The molecule has 0 aromatic heterocycles. The molecule has 0 saturated carbocycles. The van der Waals surface area contributed by atoms with Crippen LogP contribution in [0.15, 0.2) is 48.5 Å². The first-order chi connectivity index (χ1) is 17.9. The first-order valence-electron chi connectivity index (χ1n) is 13.2. The van der Waals surface area contributed by atoms with Crippen LogP contribution in [0.25, 0.3) is 0 Å². The molecule has 8 heteroatoms. The van der Waals surface area contributed by atoms with Gasteiger partial charge >= 0.3 is 0 Å². The number of likely N-dealkylation sites (tertiary alicyclic amines) is 1. The van der Waals surface area contributed by atoms with E-state index in [0.29, 0.717) is 50.2 Å². The van der Waals surface area contributed by atoms with Crippen molar-refractivity contribution in [2.24, 2.45) is 0 Å². The molecule has 3 saturated heterocycles. The van der Waals surface area contributed by atoms with Crippen molar-refractivity contribution in [2.45, 2.75) is 57.4 Å². The molecular formula is C29H35N3O5. The number of nitrogens with one attached hydrogen (secondary N) is 1. The number of amides is 3. The van der Waals surface area contributed by atoms with Crippen molar-refractivity contribution in [1.29, 1.82) is 0 Å². The molecule has 0 aliphatic carbocycles. The SMILES string of the molecule is Cc1cccc(C(=O)N2CCC3(CC2)OC[C@H](C(=O)NC[C@H]2CCCO2)N3C(=O)c2cccc(C)c2)c1. The summed E-state index contributed by atoms with van der Waals surface area (Å²) in [7, 11) is 0. The van der Waals surface area contributed by atoms with E-state index < -0.39 is 11.8 Å². The molecule has 37 heavy (non-hydrogen) atoms. The molecule has 0 bridgehead atoms. The van der Waals surface area contributed by atoms with Gasteiger partial charge in [0.05, 0.1) is 12.7 Å². The molecule has 1 spiro atoms. The highest BCUT2D eigenvalue weighted by molar-refractivity contribution is 5.99. The highest BCUT2D eigenvalue weighted by Gasteiger charge is 2.54. The Balaban J connectivity index is 1.35. The molecule has 0 radical (unpaired) electrons. The van der Waals surface area contributed by atoms with Crippen LogP contribution in [0.1, 0.15) is 57.5 Å². The van der Waals surface area contributed by atoms with E-state index in [-0.39, 0.29) is 30.4 Å². The van der Waals surface area contributed by atoms with E-state index in [2.05, 4.69) is 5.32 Å². The first-order valence-corrected chi connectivity index (χ1v) is 13.2. The molecule has 2 aromatic carbocycles. The van der Waals surface area contributed by atoms with Crippen LogP contribution in [-0.4, -0.2) is 78.2 Å². The monoisotopic (exact) mass is 505 g/mol. The number of ether oxygens (including phenoxy) is 2. The molecule has 5 rings (SSSR count). The minimum Gasteiger partial charge on any atom is -0.376 e. The minimum absolute atomic E-state index is 0.0111. The first kappa shape index (κ1) is 25.4. The predicted octanol–water partition coefficient (Wildman–Crippen LogP) is 3.07. The molecular weight excluding hydrogens is 470 g/mol. The van der Waals surface area contributed by atoms with E-state index in [4.69, 9.17) is 9.47 Å². The second-order valence-corrected chi connectivity index (χ2v) is 10.4. The Kier molecular flexibility index (Phi) is 7.31. The van der Waals surface area contributed by atoms with Crippen LogP contribution in [0.3, 0.4) is 0 Å². The van der Waals surface area contributed by atoms with E-state index in [0.717, 1.165) is 24.0 Å². The van der Waals surface area contributed by atoms with Crippen molar-refractivity contribution in [2.75, 3.05) is 32.8 Å². The number of hydrogen-bond acceptors (Lipinski definition) is 5. The van der Waals surface area contributed by atoms with Crippen molar-refractivity contribution in [3.05, 3.63) is 70.8 Å². The van der Waals surface area contributed by atoms with E-state index in [1.165, 1.54) is 0 Å². The number of benzene rings is 2. The summed E-state index contributed by atoms with van der Waals surface area (Å²) in [5, 5.41) is 2.99. The third-order valence-electron chi connectivity index (χ3n) is 7.67. The van der Waals surface area contributed by atoms with Gasteiger partial charge in [-0.3, -0.25) is 19.3 Å². The zero-order chi connectivity index (χ0) is 26.0. The average molecular weight is 506 g/mol. The van der Waals surface area contributed by atoms with E-state index in [1.54, 1.807) is 11.0 Å². The number of hydrogen-bond donors (Lipinski definition) is 1. The maximum absolute atomic E-state index is 13.9. The van der Waals surface area contributed by atoms with E-state index in [9.17, 15) is 14.4 Å². The normalized spacial score (nSPS) is 22.9. The van der Waals surface area contributed by atoms with Crippen LogP contribution >= 0.6 is 0 Å². The molecule has 196 valence electrons. The van der Waals surface area contributed by atoms with E-state index in [1.807, 2.05) is 61.2 Å². The zero-order valence-corrected chi connectivity index (χ0v) is 21.6. The fraction of sp³-hybridized carbons (Fsp3) is 0.483. The maximum atomic E-state index is 13.9. The third-order valence-corrected chi connectivity index (χ3v) is 7.67. The summed E-state index contributed by atoms with van der Waals surface area (Å²) in [6.07, 6.45) is 2.81. The Bertz CT molecular complexity index is 1170. The number of nitrogens with zero attached hydrogens (tertiary/aromatic N) is 2. The lowest BCUT2D eigenvalue weighted by Crippen LogP contribution is -2.60. The molecule has 2 atom stereocenters. The quantitative estimate of drug-likeness (QED) is 0.675. The van der Waals surface area contributed by atoms with Gasteiger partial charge in [-0.15, -0.1) is 0 Å². The van der Waals surface area contributed by atoms with Gasteiger partial charge in [-0.25, -0.2) is 0 Å². The average Bonchev–Trinajstić information content (AvgIpc) is 3.55.